The second kappa shape index (κ2) is 9.82. The van der Waals surface area contributed by atoms with Crippen molar-refractivity contribution in [1.82, 2.24) is 10.6 Å². The summed E-state index contributed by atoms with van der Waals surface area (Å²) >= 11 is 0. The lowest BCUT2D eigenvalue weighted by Gasteiger charge is -2.13. The zero-order chi connectivity index (χ0) is 18.8. The maximum absolute atomic E-state index is 12.1. The highest BCUT2D eigenvalue weighted by Gasteiger charge is 2.27. The zero-order valence-corrected chi connectivity index (χ0v) is 14.5. The van der Waals surface area contributed by atoms with E-state index in [0.717, 1.165) is 11.1 Å². The van der Waals surface area contributed by atoms with E-state index >= 15 is 0 Å². The van der Waals surface area contributed by atoms with Crippen LogP contribution in [-0.4, -0.2) is 25.8 Å². The van der Waals surface area contributed by atoms with E-state index in [1.165, 1.54) is 0 Å². The van der Waals surface area contributed by atoms with Gasteiger partial charge in [0.15, 0.2) is 5.96 Å². The molecule has 0 aliphatic rings. The van der Waals surface area contributed by atoms with Gasteiger partial charge in [-0.2, -0.15) is 13.2 Å². The van der Waals surface area contributed by atoms with Gasteiger partial charge in [-0.05, 0) is 16.7 Å². The van der Waals surface area contributed by atoms with Crippen LogP contribution in [0.2, 0.25) is 0 Å². The molecule has 4 nitrogen and oxygen atoms in total. The Balaban J connectivity index is 1.81. The molecule has 26 heavy (non-hydrogen) atoms. The fourth-order valence-electron chi connectivity index (χ4n) is 2.30. The van der Waals surface area contributed by atoms with E-state index in [-0.39, 0.29) is 6.61 Å². The van der Waals surface area contributed by atoms with Crippen molar-refractivity contribution in [3.63, 3.8) is 0 Å². The minimum atomic E-state index is -4.31. The Labute approximate surface area is 151 Å². The molecule has 0 aliphatic carbocycles. The molecule has 2 N–H and O–H groups in total. The quantitative estimate of drug-likeness (QED) is 0.582. The Morgan fingerprint density at radius 3 is 2.19 bits per heavy atom. The van der Waals surface area contributed by atoms with Crippen molar-refractivity contribution >= 4 is 5.96 Å². The highest BCUT2D eigenvalue weighted by Crippen LogP contribution is 2.16. The van der Waals surface area contributed by atoms with Crippen molar-refractivity contribution in [3.05, 3.63) is 71.3 Å². The number of hydrogen-bond acceptors (Lipinski definition) is 2. The summed E-state index contributed by atoms with van der Waals surface area (Å²) in [6.07, 6.45) is -4.31. The number of rotatable bonds is 7. The Kier molecular flexibility index (Phi) is 7.47. The van der Waals surface area contributed by atoms with Crippen LogP contribution < -0.4 is 10.6 Å². The van der Waals surface area contributed by atoms with Crippen molar-refractivity contribution in [2.45, 2.75) is 25.9 Å². The summed E-state index contributed by atoms with van der Waals surface area (Å²) in [4.78, 5) is 4.16. The normalized spacial score (nSPS) is 12.1. The molecule has 0 bridgehead atoms. The summed E-state index contributed by atoms with van der Waals surface area (Å²) in [6.45, 7) is -0.173. The summed E-state index contributed by atoms with van der Waals surface area (Å²) < 4.78 is 41.1. The predicted molar refractivity (Wildman–Crippen MR) is 95.6 cm³/mol. The molecule has 0 aliphatic heterocycles. The molecule has 0 atom stereocenters. The van der Waals surface area contributed by atoms with E-state index < -0.39 is 12.8 Å². The number of aliphatic imine (C=N–C) groups is 1. The summed E-state index contributed by atoms with van der Waals surface area (Å²) in [7, 11) is 1.68. The van der Waals surface area contributed by atoms with Gasteiger partial charge in [0.25, 0.3) is 0 Å². The molecule has 0 spiro atoms. The third-order valence-electron chi connectivity index (χ3n) is 3.51. The van der Waals surface area contributed by atoms with Gasteiger partial charge in [0.1, 0.15) is 6.61 Å². The zero-order valence-electron chi connectivity index (χ0n) is 14.5. The van der Waals surface area contributed by atoms with E-state index in [1.807, 2.05) is 42.5 Å². The molecule has 0 radical (unpaired) electrons. The topological polar surface area (TPSA) is 45.7 Å². The highest BCUT2D eigenvalue weighted by atomic mass is 19.4. The monoisotopic (exact) mass is 365 g/mol. The van der Waals surface area contributed by atoms with Gasteiger partial charge in [0.2, 0.25) is 0 Å². The van der Waals surface area contributed by atoms with E-state index in [4.69, 9.17) is 4.74 Å². The number of nitrogens with one attached hydrogen (secondary N) is 2. The van der Waals surface area contributed by atoms with Gasteiger partial charge < -0.3 is 15.4 Å². The summed E-state index contributed by atoms with van der Waals surface area (Å²) in [5.41, 5.74) is 2.76. The van der Waals surface area contributed by atoms with Gasteiger partial charge >= 0.3 is 6.18 Å². The largest absolute Gasteiger partial charge is 0.411 e. The fraction of sp³-hybridized carbons (Fsp3) is 0.316. The van der Waals surface area contributed by atoms with Gasteiger partial charge in [0, 0.05) is 20.1 Å². The van der Waals surface area contributed by atoms with Crippen molar-refractivity contribution in [2.75, 3.05) is 13.7 Å². The number of hydrogen-bond donors (Lipinski definition) is 2. The molecule has 0 amide bonds. The maximum Gasteiger partial charge on any atom is 0.411 e. The summed E-state index contributed by atoms with van der Waals surface area (Å²) in [6, 6.07) is 17.2. The van der Waals surface area contributed by atoms with Gasteiger partial charge in [0.05, 0.1) is 6.61 Å². The van der Waals surface area contributed by atoms with Crippen LogP contribution in [0.5, 0.6) is 0 Å². The molecule has 0 aromatic heterocycles. The molecule has 0 saturated heterocycles. The Bertz CT molecular complexity index is 703. The molecule has 2 rings (SSSR count). The van der Waals surface area contributed by atoms with E-state index in [1.54, 1.807) is 19.2 Å². The highest BCUT2D eigenvalue weighted by molar-refractivity contribution is 5.79. The maximum atomic E-state index is 12.1. The van der Waals surface area contributed by atoms with Crippen LogP contribution in [0.15, 0.2) is 59.6 Å². The molecule has 2 aromatic rings. The van der Waals surface area contributed by atoms with Crippen LogP contribution >= 0.6 is 0 Å². The van der Waals surface area contributed by atoms with Gasteiger partial charge in [-0.1, -0.05) is 54.6 Å². The summed E-state index contributed by atoms with van der Waals surface area (Å²) in [5, 5.41) is 6.39. The Morgan fingerprint density at radius 2 is 1.54 bits per heavy atom. The molecule has 0 heterocycles. The average molecular weight is 365 g/mol. The number of benzene rings is 2. The summed E-state index contributed by atoms with van der Waals surface area (Å²) in [5.74, 6) is 0.646. The number of nitrogens with zero attached hydrogens (tertiary/aromatic N) is 1. The second-order valence-corrected chi connectivity index (χ2v) is 5.69. The van der Waals surface area contributed by atoms with E-state index in [9.17, 15) is 13.2 Å². The van der Waals surface area contributed by atoms with Crippen molar-refractivity contribution in [2.24, 2.45) is 4.99 Å². The second-order valence-electron chi connectivity index (χ2n) is 5.69. The Hall–Kier alpha value is -2.54. The lowest BCUT2D eigenvalue weighted by atomic mass is 10.1. The molecule has 2 aromatic carbocycles. The molecule has 0 saturated carbocycles. The van der Waals surface area contributed by atoms with Crippen molar-refractivity contribution < 1.29 is 17.9 Å². The predicted octanol–water partition coefficient (Wildman–Crippen LogP) is 3.63. The van der Waals surface area contributed by atoms with Crippen LogP contribution in [0.3, 0.4) is 0 Å². The van der Waals surface area contributed by atoms with Crippen LogP contribution in [-0.2, 0) is 24.4 Å². The van der Waals surface area contributed by atoms with Crippen molar-refractivity contribution in [3.8, 4) is 0 Å². The fourth-order valence-corrected chi connectivity index (χ4v) is 2.30. The van der Waals surface area contributed by atoms with Gasteiger partial charge in [-0.15, -0.1) is 0 Å². The van der Waals surface area contributed by atoms with E-state index in [0.29, 0.717) is 24.6 Å². The standard InChI is InChI=1S/C19H22F3N3O/c1-23-18(24-11-15-6-3-2-4-7-15)25-12-16-8-5-9-17(10-16)13-26-14-19(20,21)22/h2-10H,11-14H2,1H3,(H2,23,24,25). The molecule has 0 unspecified atom stereocenters. The third-order valence-corrected chi connectivity index (χ3v) is 3.51. The Morgan fingerprint density at radius 1 is 0.923 bits per heavy atom. The molecule has 0 fully saturated rings. The molecule has 140 valence electrons. The van der Waals surface area contributed by atoms with Crippen LogP contribution in [0.4, 0.5) is 13.2 Å². The first-order valence-electron chi connectivity index (χ1n) is 8.17. The minimum Gasteiger partial charge on any atom is -0.367 e. The van der Waals surface area contributed by atoms with E-state index in [2.05, 4.69) is 15.6 Å². The first-order chi connectivity index (χ1) is 12.5. The van der Waals surface area contributed by atoms with Gasteiger partial charge in [-0.25, -0.2) is 0 Å². The smallest absolute Gasteiger partial charge is 0.367 e. The third kappa shape index (κ3) is 7.57. The SMILES string of the molecule is CN=C(NCc1ccccc1)NCc1cccc(COCC(F)(F)F)c1. The van der Waals surface area contributed by atoms with Crippen LogP contribution in [0.25, 0.3) is 0 Å². The molecular formula is C19H22F3N3O. The molecular weight excluding hydrogens is 343 g/mol. The van der Waals surface area contributed by atoms with Crippen molar-refractivity contribution in [1.29, 1.82) is 0 Å². The number of alkyl halides is 3. The van der Waals surface area contributed by atoms with Crippen LogP contribution in [0, 0.1) is 0 Å². The molecule has 7 heteroatoms. The minimum absolute atomic E-state index is 0.0751. The lowest BCUT2D eigenvalue weighted by Crippen LogP contribution is -2.36. The van der Waals surface area contributed by atoms with Crippen LogP contribution in [0.1, 0.15) is 16.7 Å². The number of halogens is 3. The van der Waals surface area contributed by atoms with Gasteiger partial charge in [-0.3, -0.25) is 4.99 Å². The lowest BCUT2D eigenvalue weighted by molar-refractivity contribution is -0.176. The first kappa shape index (κ1) is 19.8. The first-order valence-corrected chi connectivity index (χ1v) is 8.17. The number of guanidine groups is 1. The average Bonchev–Trinajstić information content (AvgIpc) is 2.62. The number of ether oxygens (including phenoxy) is 1.